The summed E-state index contributed by atoms with van der Waals surface area (Å²) in [5.41, 5.74) is 0. The monoisotopic (exact) mass is 416 g/mol. The van der Waals surface area contributed by atoms with Crippen LogP contribution in [0.3, 0.4) is 0 Å². The van der Waals surface area contributed by atoms with Gasteiger partial charge in [-0.05, 0) is 19.6 Å². The molecule has 22 heavy (non-hydrogen) atoms. The second-order valence-electron chi connectivity index (χ2n) is 4.43. The smallest absolute Gasteiger partial charge is 0.0809 e. The number of fused-ring (bicyclic) bond motifs is 1. The Labute approximate surface area is 158 Å². The average molecular weight is 417 g/mol. The van der Waals surface area contributed by atoms with E-state index in [9.17, 15) is 0 Å². The fourth-order valence-electron chi connectivity index (χ4n) is 1.07. The molecule has 2 N–H and O–H groups in total. The molecule has 2 rings (SSSR count). The van der Waals surface area contributed by atoms with Gasteiger partial charge in [-0.25, -0.2) is 0 Å². The molecule has 0 saturated carbocycles. The number of rotatable bonds is 0. The SMILES string of the molecule is CO.C[Si](C)(C)O.Cl.Cl.[CH3-].[O]=[Ti]=[Si].c1ccc2[cH-]ccc2c1. The van der Waals surface area contributed by atoms with Crippen LogP contribution in [-0.2, 0) is 21.2 Å². The van der Waals surface area contributed by atoms with Crippen LogP contribution in [0, 0.1) is 7.43 Å². The largest absolute Gasteiger partial charge is 0.168 e. The summed E-state index contributed by atoms with van der Waals surface area (Å²) >= 11 is -0.944. The Bertz CT molecular complexity index is 446. The van der Waals surface area contributed by atoms with Crippen LogP contribution in [0.15, 0.2) is 42.5 Å². The molecule has 2 radical (unpaired) electrons. The maximum absolute atomic E-state index is 8.97. The van der Waals surface area contributed by atoms with Crippen LogP contribution in [0.1, 0.15) is 0 Å². The molecule has 2 aromatic rings. The molecule has 2 aromatic carbocycles. The van der Waals surface area contributed by atoms with Gasteiger partial charge in [0, 0.05) is 7.11 Å². The zero-order valence-electron chi connectivity index (χ0n) is 13.7. The minimum absolute atomic E-state index is 0. The number of halogens is 2. The first kappa shape index (κ1) is 33.8. The summed E-state index contributed by atoms with van der Waals surface area (Å²) in [6, 6.07) is 14.7. The van der Waals surface area contributed by atoms with Crippen LogP contribution in [0.25, 0.3) is 10.8 Å². The van der Waals surface area contributed by atoms with Crippen LogP contribution in [0.5, 0.6) is 0 Å². The topological polar surface area (TPSA) is 57.5 Å². The predicted octanol–water partition coefficient (Wildman–Crippen LogP) is 3.77. The summed E-state index contributed by atoms with van der Waals surface area (Å²) in [7, 11) is 2.14. The predicted molar refractivity (Wildman–Crippen MR) is 101 cm³/mol. The summed E-state index contributed by atoms with van der Waals surface area (Å²) in [6.45, 7) is 5.65. The van der Waals surface area contributed by atoms with Gasteiger partial charge < -0.3 is 17.3 Å². The molecule has 0 spiro atoms. The standard InChI is InChI=1S/C9H7.C3H10OSi.CH4O.CH3.2ClH.O.Si.Ti/c1-2-5-9-7-3-6-8(9)4-1;1-5(2,3)4;1-2;;;;;;/h1-7H;4H,1-3H3;2H,1H3;1H3;2*1H;;;/q-1;;;-1;;;;;. The fraction of sp³-hybridized carbons (Fsp3) is 0.286. The third-order valence-electron chi connectivity index (χ3n) is 1.55. The Morgan fingerprint density at radius 2 is 1.45 bits per heavy atom. The van der Waals surface area contributed by atoms with Gasteiger partial charge in [0.25, 0.3) is 0 Å². The summed E-state index contributed by atoms with van der Waals surface area (Å²) in [5.74, 6) is 0. The first-order valence-electron chi connectivity index (χ1n) is 5.70. The van der Waals surface area contributed by atoms with Gasteiger partial charge in [0.2, 0.25) is 0 Å². The summed E-state index contributed by atoms with van der Waals surface area (Å²) in [5, 5.41) is 9.66. The molecule has 0 saturated heterocycles. The minimum Gasteiger partial charge on any atom is -0.168 e. The minimum atomic E-state index is -1.61. The van der Waals surface area contributed by atoms with Crippen LogP contribution >= 0.6 is 24.8 Å². The van der Waals surface area contributed by atoms with Gasteiger partial charge in [-0.3, -0.25) is 0 Å². The van der Waals surface area contributed by atoms with Gasteiger partial charge in [0.1, 0.15) is 0 Å². The van der Waals surface area contributed by atoms with Crippen molar-refractivity contribution in [3.8, 4) is 0 Å². The zero-order chi connectivity index (χ0) is 15.3. The quantitative estimate of drug-likeness (QED) is 0.507. The van der Waals surface area contributed by atoms with Crippen LogP contribution < -0.4 is 0 Å². The summed E-state index contributed by atoms with van der Waals surface area (Å²) < 4.78 is 8.97. The molecule has 0 amide bonds. The molecule has 3 nitrogen and oxygen atoms in total. The van der Waals surface area contributed by atoms with E-state index < -0.39 is 26.2 Å². The van der Waals surface area contributed by atoms with Crippen molar-refractivity contribution in [3.63, 3.8) is 0 Å². The Hall–Kier alpha value is 0.278. The first-order valence-corrected chi connectivity index (χ1v) is 12.6. The molecular formula is C14H26Cl2O3Si2Ti-2. The molecule has 0 atom stereocenters. The molecule has 0 fully saturated rings. The maximum atomic E-state index is 8.97. The van der Waals surface area contributed by atoms with Gasteiger partial charge in [0.05, 0.1) is 0 Å². The Morgan fingerprint density at radius 3 is 1.82 bits per heavy atom. The van der Waals surface area contributed by atoms with Crippen molar-refractivity contribution in [3.05, 3.63) is 49.9 Å². The normalized spacial score (nSPS) is 7.55. The first-order chi connectivity index (χ1) is 8.88. The van der Waals surface area contributed by atoms with Gasteiger partial charge in [-0.2, -0.15) is 17.5 Å². The molecule has 128 valence electrons. The molecule has 0 bridgehead atoms. The molecule has 0 aliphatic heterocycles. The van der Waals surface area contributed by atoms with Gasteiger partial charge >= 0.3 is 28.8 Å². The van der Waals surface area contributed by atoms with E-state index in [2.05, 4.69) is 50.1 Å². The Balaban J connectivity index is -0.0000000657. The number of hydrogen-bond donors (Lipinski definition) is 2. The number of benzene rings is 1. The van der Waals surface area contributed by atoms with Crippen molar-refractivity contribution in [1.29, 1.82) is 0 Å². The van der Waals surface area contributed by atoms with Gasteiger partial charge in [-0.15, -0.1) is 54.5 Å². The number of aliphatic hydroxyl groups is 1. The third kappa shape index (κ3) is 25.2. The summed E-state index contributed by atoms with van der Waals surface area (Å²) in [4.78, 5) is 8.66. The zero-order valence-corrected chi connectivity index (χ0v) is 18.9. The Morgan fingerprint density at radius 1 is 1.09 bits per heavy atom. The van der Waals surface area contributed by atoms with E-state index in [0.717, 1.165) is 7.11 Å². The third-order valence-corrected chi connectivity index (χ3v) is 1.55. The fourth-order valence-corrected chi connectivity index (χ4v) is 1.07. The number of aliphatic hydroxyl groups excluding tert-OH is 1. The second-order valence-corrected chi connectivity index (χ2v) is 9.93. The van der Waals surface area contributed by atoms with Crippen molar-refractivity contribution >= 4 is 51.5 Å². The van der Waals surface area contributed by atoms with E-state index in [1.165, 1.54) is 10.8 Å². The van der Waals surface area contributed by atoms with Crippen molar-refractivity contribution < 1.29 is 31.1 Å². The Kier molecular flexibility index (Phi) is 32.7. The van der Waals surface area contributed by atoms with Crippen molar-refractivity contribution in [2.45, 2.75) is 19.6 Å². The van der Waals surface area contributed by atoms with E-state index in [1.54, 1.807) is 0 Å². The molecule has 0 aliphatic rings. The van der Waals surface area contributed by atoms with E-state index in [1.807, 2.05) is 19.6 Å². The summed E-state index contributed by atoms with van der Waals surface area (Å²) in [6.07, 6.45) is 0. The second kappa shape index (κ2) is 21.3. The van der Waals surface area contributed by atoms with Gasteiger partial charge in [0.15, 0.2) is 8.32 Å². The van der Waals surface area contributed by atoms with Crippen molar-refractivity contribution in [2.75, 3.05) is 7.11 Å². The molecule has 0 unspecified atom stereocenters. The van der Waals surface area contributed by atoms with Crippen LogP contribution in [0.4, 0.5) is 0 Å². The molecular weight excluding hydrogens is 391 g/mol. The molecule has 0 aromatic heterocycles. The van der Waals surface area contributed by atoms with E-state index in [-0.39, 0.29) is 32.2 Å². The van der Waals surface area contributed by atoms with E-state index >= 15 is 0 Å². The van der Waals surface area contributed by atoms with Crippen molar-refractivity contribution in [1.82, 2.24) is 0 Å². The van der Waals surface area contributed by atoms with Crippen LogP contribution in [-0.4, -0.2) is 33.0 Å². The van der Waals surface area contributed by atoms with E-state index in [4.69, 9.17) is 13.2 Å². The van der Waals surface area contributed by atoms with Crippen LogP contribution in [0.2, 0.25) is 19.6 Å². The molecule has 8 heteroatoms. The molecule has 0 aliphatic carbocycles. The van der Waals surface area contributed by atoms with E-state index in [0.29, 0.717) is 0 Å². The van der Waals surface area contributed by atoms with Crippen molar-refractivity contribution in [2.24, 2.45) is 0 Å². The van der Waals surface area contributed by atoms with Gasteiger partial charge in [-0.1, -0.05) is 6.07 Å². The average Bonchev–Trinajstić information content (AvgIpc) is 2.78. The molecule has 0 heterocycles. The maximum Gasteiger partial charge on any atom is -0.0809 e. The number of hydrogen-bond acceptors (Lipinski definition) is 3.